The molecule has 150 valence electrons. The van der Waals surface area contributed by atoms with Gasteiger partial charge in [-0.25, -0.2) is 9.97 Å². The Balaban J connectivity index is 1.57. The maximum absolute atomic E-state index is 12.0. The number of carbonyl (C=O) groups is 1. The molecule has 3 rings (SSSR count). The van der Waals surface area contributed by atoms with Gasteiger partial charge in [-0.1, -0.05) is 46.6 Å². The van der Waals surface area contributed by atoms with Crippen molar-refractivity contribution in [1.29, 1.82) is 0 Å². The number of amides is 1. The molecule has 0 atom stereocenters. The van der Waals surface area contributed by atoms with E-state index >= 15 is 0 Å². The van der Waals surface area contributed by atoms with Crippen molar-refractivity contribution >= 4 is 64.0 Å². The normalized spacial score (nSPS) is 10.4. The van der Waals surface area contributed by atoms with Crippen LogP contribution in [0.15, 0.2) is 58.7 Å². The van der Waals surface area contributed by atoms with Crippen LogP contribution in [0.1, 0.15) is 0 Å². The number of hydrazine groups is 1. The molecule has 0 fully saturated rings. The van der Waals surface area contributed by atoms with Gasteiger partial charge in [-0.15, -0.1) is 0 Å². The molecule has 0 saturated carbocycles. The number of halogens is 3. The number of anilines is 2. The van der Waals surface area contributed by atoms with Gasteiger partial charge in [0.15, 0.2) is 12.4 Å². The zero-order valence-corrected chi connectivity index (χ0v) is 17.7. The lowest BCUT2D eigenvalue weighted by molar-refractivity contribution is -0.122. The quantitative estimate of drug-likeness (QED) is 0.340. The molecule has 0 aliphatic heterocycles. The summed E-state index contributed by atoms with van der Waals surface area (Å²) in [6.45, 7) is -0.272. The predicted octanol–water partition coefficient (Wildman–Crippen LogP) is 4.69. The molecule has 0 aliphatic rings. The number of carbonyl (C=O) groups excluding carboxylic acids is 1. The summed E-state index contributed by atoms with van der Waals surface area (Å²) in [5, 5.41) is 1.95. The van der Waals surface area contributed by atoms with Crippen molar-refractivity contribution in [3.8, 4) is 5.75 Å². The van der Waals surface area contributed by atoms with Crippen LogP contribution < -0.4 is 21.3 Å². The summed E-state index contributed by atoms with van der Waals surface area (Å²) in [6.07, 6.45) is 1.34. The van der Waals surface area contributed by atoms with Crippen molar-refractivity contribution < 1.29 is 9.53 Å². The van der Waals surface area contributed by atoms with Gasteiger partial charge in [-0.3, -0.25) is 15.6 Å². The molecule has 0 aliphatic carbocycles. The molecule has 0 saturated heterocycles. The molecule has 29 heavy (non-hydrogen) atoms. The Morgan fingerprint density at radius 2 is 1.79 bits per heavy atom. The Kier molecular flexibility index (Phi) is 7.27. The van der Waals surface area contributed by atoms with E-state index in [9.17, 15) is 4.79 Å². The molecule has 1 amide bonds. The molecule has 4 N–H and O–H groups in total. The van der Waals surface area contributed by atoms with E-state index in [2.05, 4.69) is 20.8 Å². The lowest BCUT2D eigenvalue weighted by atomic mass is 10.3. The lowest BCUT2D eigenvalue weighted by Crippen LogP contribution is -2.34. The molecule has 0 unspecified atom stereocenters. The van der Waals surface area contributed by atoms with Crippen LogP contribution in [-0.2, 0) is 4.79 Å². The van der Waals surface area contributed by atoms with Crippen molar-refractivity contribution in [3.63, 3.8) is 0 Å². The summed E-state index contributed by atoms with van der Waals surface area (Å²) >= 11 is 19.1. The molecular formula is C18H14Cl3N5O2S. The van der Waals surface area contributed by atoms with Crippen LogP contribution in [0.2, 0.25) is 15.1 Å². The minimum atomic E-state index is -0.457. The molecule has 1 aromatic heterocycles. The second kappa shape index (κ2) is 9.89. The van der Waals surface area contributed by atoms with Gasteiger partial charge in [0.2, 0.25) is 0 Å². The lowest BCUT2D eigenvalue weighted by Gasteiger charge is -2.12. The zero-order valence-electron chi connectivity index (χ0n) is 14.7. The number of ether oxygens (including phenoxy) is 1. The first-order chi connectivity index (χ1) is 13.9. The highest BCUT2D eigenvalue weighted by Crippen LogP contribution is 2.33. The maximum atomic E-state index is 12.0. The monoisotopic (exact) mass is 469 g/mol. The van der Waals surface area contributed by atoms with Gasteiger partial charge >= 0.3 is 0 Å². The predicted molar refractivity (Wildman–Crippen MR) is 116 cm³/mol. The number of hydrogen-bond acceptors (Lipinski definition) is 7. The third-order valence-electron chi connectivity index (χ3n) is 3.45. The first-order valence-corrected chi connectivity index (χ1v) is 10.0. The summed E-state index contributed by atoms with van der Waals surface area (Å²) in [7, 11) is 0. The summed E-state index contributed by atoms with van der Waals surface area (Å²) in [5.41, 5.74) is 11.5. The molecule has 2 aromatic carbocycles. The van der Waals surface area contributed by atoms with E-state index in [4.69, 9.17) is 45.3 Å². The van der Waals surface area contributed by atoms with E-state index in [0.29, 0.717) is 25.8 Å². The molecule has 3 aromatic rings. The molecule has 1 heterocycles. The van der Waals surface area contributed by atoms with E-state index in [1.165, 1.54) is 24.2 Å². The van der Waals surface area contributed by atoms with E-state index in [1.54, 1.807) is 24.3 Å². The molecular weight excluding hydrogens is 457 g/mol. The average molecular weight is 471 g/mol. The standard InChI is InChI=1S/C18H14Cl3N5O2S/c19-10-1-4-12(5-2-10)29-18-16(22)17(23-9-24-18)26-25-15(27)8-28-14-6-3-11(20)7-13(14)21/h1-7,9H,8,22H2,(H,25,27)(H,23,24,26). The number of nitrogens with zero attached hydrogens (tertiary/aromatic N) is 2. The van der Waals surface area contributed by atoms with Crippen molar-refractivity contribution in [3.05, 3.63) is 63.9 Å². The fraction of sp³-hybridized carbons (Fsp3) is 0.0556. The van der Waals surface area contributed by atoms with E-state index in [0.717, 1.165) is 4.90 Å². The number of nitrogens with one attached hydrogen (secondary N) is 2. The Bertz CT molecular complexity index is 1020. The molecule has 11 heteroatoms. The minimum absolute atomic E-state index is 0.259. The van der Waals surface area contributed by atoms with Gasteiger partial charge in [0.25, 0.3) is 5.91 Å². The van der Waals surface area contributed by atoms with Crippen molar-refractivity contribution in [2.45, 2.75) is 9.92 Å². The molecule has 0 spiro atoms. The van der Waals surface area contributed by atoms with Crippen LogP contribution in [0.4, 0.5) is 11.5 Å². The van der Waals surface area contributed by atoms with Gasteiger partial charge in [0, 0.05) is 14.9 Å². The van der Waals surface area contributed by atoms with Gasteiger partial charge in [-0.2, -0.15) is 0 Å². The third-order valence-corrected chi connectivity index (χ3v) is 5.26. The largest absolute Gasteiger partial charge is 0.482 e. The SMILES string of the molecule is Nc1c(NNC(=O)COc2ccc(Cl)cc2Cl)ncnc1Sc1ccc(Cl)cc1. The number of aromatic nitrogens is 2. The Morgan fingerprint density at radius 3 is 2.52 bits per heavy atom. The highest BCUT2D eigenvalue weighted by atomic mass is 35.5. The van der Waals surface area contributed by atoms with Crippen LogP contribution in [0, 0.1) is 0 Å². The first kappa shape index (κ1) is 21.3. The highest BCUT2D eigenvalue weighted by molar-refractivity contribution is 7.99. The summed E-state index contributed by atoms with van der Waals surface area (Å²) in [4.78, 5) is 21.1. The third kappa shape index (κ3) is 6.04. The summed E-state index contributed by atoms with van der Waals surface area (Å²) in [5.74, 6) is 0.143. The van der Waals surface area contributed by atoms with Crippen LogP contribution >= 0.6 is 46.6 Å². The Hall–Kier alpha value is -2.39. The van der Waals surface area contributed by atoms with Gasteiger partial charge in [0.1, 0.15) is 22.8 Å². The number of nitrogens with two attached hydrogens (primary N) is 1. The van der Waals surface area contributed by atoms with Crippen molar-refractivity contribution in [2.24, 2.45) is 0 Å². The van der Waals surface area contributed by atoms with E-state index < -0.39 is 5.91 Å². The highest BCUT2D eigenvalue weighted by Gasteiger charge is 2.11. The molecule has 0 bridgehead atoms. The molecule has 7 nitrogen and oxygen atoms in total. The number of rotatable bonds is 7. The van der Waals surface area contributed by atoms with Crippen LogP contribution in [0.5, 0.6) is 5.75 Å². The van der Waals surface area contributed by atoms with Crippen molar-refractivity contribution in [1.82, 2.24) is 15.4 Å². The summed E-state index contributed by atoms with van der Waals surface area (Å²) < 4.78 is 5.36. The number of benzene rings is 2. The topological polar surface area (TPSA) is 102 Å². The van der Waals surface area contributed by atoms with Gasteiger partial charge in [0.05, 0.1) is 5.02 Å². The zero-order chi connectivity index (χ0) is 20.8. The van der Waals surface area contributed by atoms with Gasteiger partial charge in [-0.05, 0) is 42.5 Å². The maximum Gasteiger partial charge on any atom is 0.276 e. The van der Waals surface area contributed by atoms with Crippen LogP contribution in [0.25, 0.3) is 0 Å². The fourth-order valence-corrected chi connectivity index (χ4v) is 3.47. The Labute approximate surface area is 185 Å². The second-order valence-electron chi connectivity index (χ2n) is 5.53. The van der Waals surface area contributed by atoms with Gasteiger partial charge < -0.3 is 10.5 Å². The van der Waals surface area contributed by atoms with E-state index in [1.807, 2.05) is 12.1 Å². The smallest absolute Gasteiger partial charge is 0.276 e. The average Bonchev–Trinajstić information content (AvgIpc) is 2.69. The number of hydrogen-bond donors (Lipinski definition) is 3. The molecule has 0 radical (unpaired) electrons. The summed E-state index contributed by atoms with van der Waals surface area (Å²) in [6, 6.07) is 12.0. The van der Waals surface area contributed by atoms with Crippen LogP contribution in [-0.4, -0.2) is 22.5 Å². The minimum Gasteiger partial charge on any atom is -0.482 e. The fourth-order valence-electron chi connectivity index (χ4n) is 2.08. The number of nitrogen functional groups attached to an aromatic ring is 1. The van der Waals surface area contributed by atoms with E-state index in [-0.39, 0.29) is 18.1 Å². The Morgan fingerprint density at radius 1 is 1.07 bits per heavy atom. The second-order valence-corrected chi connectivity index (χ2v) is 7.88. The van der Waals surface area contributed by atoms with Crippen molar-refractivity contribution in [2.75, 3.05) is 17.8 Å². The first-order valence-electron chi connectivity index (χ1n) is 8.09. The van der Waals surface area contributed by atoms with Crippen LogP contribution in [0.3, 0.4) is 0 Å².